The van der Waals surface area contributed by atoms with Gasteiger partial charge in [0.2, 0.25) is 0 Å². The van der Waals surface area contributed by atoms with Crippen LogP contribution in [0.15, 0.2) is 24.3 Å². The Kier molecular flexibility index (Phi) is 4.18. The van der Waals surface area contributed by atoms with Gasteiger partial charge in [0.25, 0.3) is 0 Å². The standard InChI is InChI=1S/C17H21IO2/c1-2-15(19)17-13(11-3-5-12(18)6-4-11)7-10-8-14(17)16(20)9-10/h3-6,10,13-14,16-17,20H,2,7-9H2,1H3. The zero-order valence-corrected chi connectivity index (χ0v) is 13.9. The summed E-state index contributed by atoms with van der Waals surface area (Å²) < 4.78 is 1.23. The molecule has 2 nitrogen and oxygen atoms in total. The Morgan fingerprint density at radius 3 is 2.60 bits per heavy atom. The van der Waals surface area contributed by atoms with Crippen molar-refractivity contribution >= 4 is 28.4 Å². The SMILES string of the molecule is CCC(=O)C1C(c2ccc(I)cc2)CC2CC(O)C1C2. The second-order valence-corrected chi connectivity index (χ2v) is 7.55. The highest BCUT2D eigenvalue weighted by molar-refractivity contribution is 14.1. The number of fused-ring (bicyclic) bond motifs is 2. The lowest BCUT2D eigenvalue weighted by Gasteiger charge is -2.36. The van der Waals surface area contributed by atoms with Gasteiger partial charge in [-0.05, 0) is 77.3 Å². The molecule has 0 radical (unpaired) electrons. The second kappa shape index (κ2) is 5.76. The number of ketones is 1. The van der Waals surface area contributed by atoms with Crippen molar-refractivity contribution in [3.8, 4) is 0 Å². The number of Topliss-reactive ketones (excluding diaryl/α,β-unsaturated/α-hetero) is 1. The van der Waals surface area contributed by atoms with Crippen molar-refractivity contribution in [3.63, 3.8) is 0 Å². The number of rotatable bonds is 3. The minimum atomic E-state index is -0.269. The lowest BCUT2D eigenvalue weighted by molar-refractivity contribution is -0.127. The summed E-state index contributed by atoms with van der Waals surface area (Å²) in [5.41, 5.74) is 1.28. The molecule has 20 heavy (non-hydrogen) atoms. The molecule has 3 rings (SSSR count). The number of aliphatic hydroxyl groups is 1. The fraction of sp³-hybridized carbons (Fsp3) is 0.588. The number of hydrogen-bond acceptors (Lipinski definition) is 2. The third kappa shape index (κ3) is 2.54. The Hall–Kier alpha value is -0.420. The molecule has 0 spiro atoms. The smallest absolute Gasteiger partial charge is 0.136 e. The molecule has 108 valence electrons. The van der Waals surface area contributed by atoms with Crippen molar-refractivity contribution in [2.24, 2.45) is 17.8 Å². The van der Waals surface area contributed by atoms with Crippen LogP contribution < -0.4 is 0 Å². The van der Waals surface area contributed by atoms with E-state index in [1.165, 1.54) is 9.13 Å². The molecule has 1 aromatic carbocycles. The molecule has 5 atom stereocenters. The van der Waals surface area contributed by atoms with Gasteiger partial charge in [0.1, 0.15) is 5.78 Å². The van der Waals surface area contributed by atoms with Crippen LogP contribution in [0.4, 0.5) is 0 Å². The summed E-state index contributed by atoms with van der Waals surface area (Å²) in [6, 6.07) is 8.58. The van der Waals surface area contributed by atoms with Gasteiger partial charge in [-0.15, -0.1) is 0 Å². The molecule has 0 saturated heterocycles. The van der Waals surface area contributed by atoms with Gasteiger partial charge in [-0.3, -0.25) is 4.79 Å². The lowest BCUT2D eigenvalue weighted by atomic mass is 9.67. The van der Waals surface area contributed by atoms with Crippen molar-refractivity contribution in [2.45, 2.75) is 44.6 Å². The molecule has 5 unspecified atom stereocenters. The van der Waals surface area contributed by atoms with E-state index in [0.717, 1.165) is 19.3 Å². The van der Waals surface area contributed by atoms with Gasteiger partial charge in [-0.2, -0.15) is 0 Å². The van der Waals surface area contributed by atoms with Crippen LogP contribution in [0.2, 0.25) is 0 Å². The van der Waals surface area contributed by atoms with E-state index >= 15 is 0 Å². The first-order valence-electron chi connectivity index (χ1n) is 7.56. The molecule has 0 heterocycles. The zero-order valence-electron chi connectivity index (χ0n) is 11.8. The Balaban J connectivity index is 1.95. The summed E-state index contributed by atoms with van der Waals surface area (Å²) in [6.07, 6.45) is 3.30. The summed E-state index contributed by atoms with van der Waals surface area (Å²) in [6.45, 7) is 1.95. The normalized spacial score (nSPS) is 36.0. The molecular weight excluding hydrogens is 363 g/mol. The highest BCUT2D eigenvalue weighted by Crippen LogP contribution is 2.52. The highest BCUT2D eigenvalue weighted by Gasteiger charge is 2.49. The first-order chi connectivity index (χ1) is 9.60. The summed E-state index contributed by atoms with van der Waals surface area (Å²) in [5.74, 6) is 1.44. The largest absolute Gasteiger partial charge is 0.393 e. The van der Waals surface area contributed by atoms with Crippen molar-refractivity contribution < 1.29 is 9.90 Å². The van der Waals surface area contributed by atoms with E-state index in [1.807, 2.05) is 6.92 Å². The Morgan fingerprint density at radius 2 is 1.95 bits per heavy atom. The van der Waals surface area contributed by atoms with E-state index in [4.69, 9.17) is 0 Å². The summed E-state index contributed by atoms with van der Waals surface area (Å²) in [7, 11) is 0. The molecule has 2 aliphatic carbocycles. The van der Waals surface area contributed by atoms with E-state index in [0.29, 0.717) is 24.0 Å². The lowest BCUT2D eigenvalue weighted by Crippen LogP contribution is -2.35. The number of carbonyl (C=O) groups is 1. The third-order valence-corrected chi connectivity index (χ3v) is 5.89. The quantitative estimate of drug-likeness (QED) is 0.806. The monoisotopic (exact) mass is 384 g/mol. The van der Waals surface area contributed by atoms with E-state index in [9.17, 15) is 9.90 Å². The molecule has 3 heteroatoms. The minimum absolute atomic E-state index is 0.0220. The van der Waals surface area contributed by atoms with Gasteiger partial charge < -0.3 is 5.11 Å². The van der Waals surface area contributed by atoms with Crippen LogP contribution in [0.5, 0.6) is 0 Å². The summed E-state index contributed by atoms with van der Waals surface area (Å²) in [5, 5.41) is 10.3. The van der Waals surface area contributed by atoms with Crippen molar-refractivity contribution in [1.29, 1.82) is 0 Å². The second-order valence-electron chi connectivity index (χ2n) is 6.31. The van der Waals surface area contributed by atoms with Crippen LogP contribution in [-0.2, 0) is 4.79 Å². The van der Waals surface area contributed by atoms with E-state index in [1.54, 1.807) is 0 Å². The van der Waals surface area contributed by atoms with E-state index in [-0.39, 0.29) is 17.9 Å². The molecular formula is C17H21IO2. The van der Waals surface area contributed by atoms with Gasteiger partial charge in [0.15, 0.2) is 0 Å². The average molecular weight is 384 g/mol. The third-order valence-electron chi connectivity index (χ3n) is 5.17. The Morgan fingerprint density at radius 1 is 1.25 bits per heavy atom. The Labute approximate surface area is 134 Å². The van der Waals surface area contributed by atoms with Gasteiger partial charge in [0, 0.05) is 15.9 Å². The topological polar surface area (TPSA) is 37.3 Å². The van der Waals surface area contributed by atoms with Gasteiger partial charge >= 0.3 is 0 Å². The van der Waals surface area contributed by atoms with E-state index in [2.05, 4.69) is 46.9 Å². The molecule has 1 aromatic rings. The number of hydrogen-bond donors (Lipinski definition) is 1. The molecule has 0 amide bonds. The van der Waals surface area contributed by atoms with Crippen LogP contribution in [0.25, 0.3) is 0 Å². The number of halogens is 1. The zero-order chi connectivity index (χ0) is 14.3. The fourth-order valence-corrected chi connectivity index (χ4v) is 4.65. The van der Waals surface area contributed by atoms with Crippen molar-refractivity contribution in [3.05, 3.63) is 33.4 Å². The number of benzene rings is 1. The molecule has 1 N–H and O–H groups in total. The highest BCUT2D eigenvalue weighted by atomic mass is 127. The predicted molar refractivity (Wildman–Crippen MR) is 87.5 cm³/mol. The van der Waals surface area contributed by atoms with Crippen LogP contribution in [0, 0.1) is 21.3 Å². The van der Waals surface area contributed by atoms with Gasteiger partial charge in [-0.1, -0.05) is 19.1 Å². The van der Waals surface area contributed by atoms with Gasteiger partial charge in [-0.25, -0.2) is 0 Å². The maximum atomic E-state index is 12.4. The summed E-state index contributed by atoms with van der Waals surface area (Å²) >= 11 is 2.31. The van der Waals surface area contributed by atoms with Crippen molar-refractivity contribution in [2.75, 3.05) is 0 Å². The molecule has 2 fully saturated rings. The predicted octanol–water partition coefficient (Wildman–Crippen LogP) is 3.76. The van der Waals surface area contributed by atoms with Crippen LogP contribution in [-0.4, -0.2) is 17.0 Å². The van der Waals surface area contributed by atoms with Crippen LogP contribution in [0.3, 0.4) is 0 Å². The van der Waals surface area contributed by atoms with E-state index < -0.39 is 0 Å². The number of aliphatic hydroxyl groups excluding tert-OH is 1. The Bertz CT molecular complexity index is 496. The van der Waals surface area contributed by atoms with Crippen LogP contribution in [0.1, 0.15) is 44.1 Å². The molecule has 0 aliphatic heterocycles. The maximum Gasteiger partial charge on any atom is 0.136 e. The average Bonchev–Trinajstić information content (AvgIpc) is 2.74. The minimum Gasteiger partial charge on any atom is -0.393 e. The van der Waals surface area contributed by atoms with Crippen molar-refractivity contribution in [1.82, 2.24) is 0 Å². The molecule has 0 aromatic heterocycles. The maximum absolute atomic E-state index is 12.4. The fourth-order valence-electron chi connectivity index (χ4n) is 4.29. The first kappa shape index (κ1) is 14.5. The first-order valence-corrected chi connectivity index (χ1v) is 8.64. The number of carbonyl (C=O) groups excluding carboxylic acids is 1. The van der Waals surface area contributed by atoms with Crippen LogP contribution >= 0.6 is 22.6 Å². The molecule has 2 saturated carbocycles. The molecule has 2 bridgehead atoms. The molecule has 2 aliphatic rings. The van der Waals surface area contributed by atoms with Gasteiger partial charge in [0.05, 0.1) is 6.10 Å². The summed E-state index contributed by atoms with van der Waals surface area (Å²) in [4.78, 5) is 12.4.